The van der Waals surface area contributed by atoms with Gasteiger partial charge in [0.25, 0.3) is 0 Å². The normalized spacial score (nSPS) is 14.5. The van der Waals surface area contributed by atoms with Crippen molar-refractivity contribution in [1.82, 2.24) is 10.6 Å². The van der Waals surface area contributed by atoms with Crippen LogP contribution in [0.5, 0.6) is 5.75 Å². The van der Waals surface area contributed by atoms with Gasteiger partial charge in [0.05, 0.1) is 52.3 Å². The van der Waals surface area contributed by atoms with Crippen LogP contribution in [-0.4, -0.2) is 76.9 Å². The Hall–Kier alpha value is -2.47. The van der Waals surface area contributed by atoms with Crippen LogP contribution >= 0.6 is 7.82 Å². The first kappa shape index (κ1) is 34.6. The van der Waals surface area contributed by atoms with Crippen LogP contribution in [0.25, 0.3) is 0 Å². The van der Waals surface area contributed by atoms with Crippen molar-refractivity contribution >= 4 is 20.3 Å². The van der Waals surface area contributed by atoms with E-state index in [2.05, 4.69) is 17.2 Å². The summed E-state index contributed by atoms with van der Waals surface area (Å²) in [5.74, 6) is 0.785. The zero-order valence-corrected chi connectivity index (χ0v) is 24.4. The maximum atomic E-state index is 13.0. The van der Waals surface area contributed by atoms with Gasteiger partial charge in [-0.25, -0.2) is 9.36 Å². The van der Waals surface area contributed by atoms with Gasteiger partial charge in [-0.15, -0.1) is 6.58 Å². The first-order valence-corrected chi connectivity index (χ1v) is 14.1. The predicted octanol–water partition coefficient (Wildman–Crippen LogP) is 3.99. The van der Waals surface area contributed by atoms with Crippen LogP contribution in [0.15, 0.2) is 36.9 Å². The highest BCUT2D eigenvalue weighted by Gasteiger charge is 2.28. The number of nitrogens with one attached hydrogen (secondary N) is 2. The number of rotatable bonds is 21. The number of methoxy groups -OCH3 is 1. The summed E-state index contributed by atoms with van der Waals surface area (Å²) in [6.45, 7) is 11.2. The van der Waals surface area contributed by atoms with Crippen LogP contribution in [0.2, 0.25) is 0 Å². The molecule has 3 unspecified atom stereocenters. The molecule has 0 radical (unpaired) electrons. The first-order chi connectivity index (χ1) is 18.5. The van der Waals surface area contributed by atoms with Gasteiger partial charge in [0, 0.05) is 13.2 Å². The van der Waals surface area contributed by atoms with E-state index in [-0.39, 0.29) is 39.1 Å². The number of phosphoric acid groups is 1. The molecule has 222 valence electrons. The van der Waals surface area contributed by atoms with E-state index in [1.165, 1.54) is 6.08 Å². The highest BCUT2D eigenvalue weighted by molar-refractivity contribution is 7.48. The fourth-order valence-corrected chi connectivity index (χ4v) is 4.01. The highest BCUT2D eigenvalue weighted by atomic mass is 31.2. The zero-order chi connectivity index (χ0) is 29.2. The summed E-state index contributed by atoms with van der Waals surface area (Å²) in [6.07, 6.45) is 1.82. The Bertz CT molecular complexity index is 892. The molecular formula is C26H43N2O10P. The minimum absolute atomic E-state index is 0.0115. The van der Waals surface area contributed by atoms with Crippen molar-refractivity contribution in [2.24, 2.45) is 0 Å². The number of phosphoric ester groups is 1. The quantitative estimate of drug-likeness (QED) is 0.0959. The molecule has 12 nitrogen and oxygen atoms in total. The van der Waals surface area contributed by atoms with Crippen molar-refractivity contribution in [2.75, 3.05) is 46.7 Å². The summed E-state index contributed by atoms with van der Waals surface area (Å²) in [4.78, 5) is 22.8. The van der Waals surface area contributed by atoms with E-state index in [9.17, 15) is 14.2 Å². The third-order valence-corrected chi connectivity index (χ3v) is 6.22. The standard InChI is InChI=1S/C26H43N2O10P/c1-7-14-35-39(31,36-16-13-27-25(30)38-26(3,4)5)37-19-23(28-20-29)18-33-15-12-21(2)34-17-22-8-10-24(32-6)11-9-22/h7-11,20-21,23H,1,12-19H2,2-6H3,(H,27,30)(H,28,29). The van der Waals surface area contributed by atoms with E-state index < -0.39 is 25.6 Å². The molecule has 0 bridgehead atoms. The van der Waals surface area contributed by atoms with Crippen LogP contribution in [0.4, 0.5) is 4.79 Å². The summed E-state index contributed by atoms with van der Waals surface area (Å²) in [5, 5.41) is 5.05. The topological polar surface area (TPSA) is 140 Å². The summed E-state index contributed by atoms with van der Waals surface area (Å²) in [6, 6.07) is 7.03. The van der Waals surface area contributed by atoms with Crippen LogP contribution in [-0.2, 0) is 43.7 Å². The number of amides is 2. The van der Waals surface area contributed by atoms with E-state index >= 15 is 0 Å². The molecule has 0 aromatic heterocycles. The smallest absolute Gasteiger partial charge is 0.475 e. The molecule has 0 saturated heterocycles. The van der Waals surface area contributed by atoms with Crippen LogP contribution < -0.4 is 15.4 Å². The van der Waals surface area contributed by atoms with Crippen molar-refractivity contribution in [3.8, 4) is 5.75 Å². The van der Waals surface area contributed by atoms with Crippen molar-refractivity contribution in [3.05, 3.63) is 42.5 Å². The maximum Gasteiger partial charge on any atom is 0.475 e. The Labute approximate surface area is 231 Å². The van der Waals surface area contributed by atoms with Crippen molar-refractivity contribution in [2.45, 2.75) is 58.5 Å². The first-order valence-electron chi connectivity index (χ1n) is 12.6. The molecular weight excluding hydrogens is 531 g/mol. The van der Waals surface area contributed by atoms with E-state index in [0.717, 1.165) is 11.3 Å². The minimum Gasteiger partial charge on any atom is -0.497 e. The van der Waals surface area contributed by atoms with Crippen molar-refractivity contribution in [1.29, 1.82) is 0 Å². The van der Waals surface area contributed by atoms with Gasteiger partial charge in [-0.05, 0) is 51.8 Å². The molecule has 0 heterocycles. The monoisotopic (exact) mass is 574 g/mol. The Kier molecular flexibility index (Phi) is 16.6. The van der Waals surface area contributed by atoms with Crippen LogP contribution in [0.3, 0.4) is 0 Å². The number of carbonyl (C=O) groups excluding carboxylic acids is 2. The average molecular weight is 575 g/mol. The molecule has 2 N–H and O–H groups in total. The van der Waals surface area contributed by atoms with Gasteiger partial charge in [-0.2, -0.15) is 0 Å². The van der Waals surface area contributed by atoms with Gasteiger partial charge in [-0.1, -0.05) is 18.2 Å². The lowest BCUT2D eigenvalue weighted by Crippen LogP contribution is -2.37. The molecule has 3 atom stereocenters. The van der Waals surface area contributed by atoms with E-state index in [1.54, 1.807) is 27.9 Å². The molecule has 0 fully saturated rings. The Balaban J connectivity index is 2.42. The third-order valence-electron chi connectivity index (χ3n) is 4.79. The SMILES string of the molecule is C=CCOP(=O)(OCCNC(=O)OC(C)(C)C)OCC(COCCC(C)OCc1ccc(OC)cc1)NC=O. The molecule has 13 heteroatoms. The second-order valence-corrected chi connectivity index (χ2v) is 11.1. The average Bonchev–Trinajstić information content (AvgIpc) is 2.89. The zero-order valence-electron chi connectivity index (χ0n) is 23.5. The molecule has 0 aliphatic carbocycles. The fourth-order valence-electron chi connectivity index (χ4n) is 2.82. The third kappa shape index (κ3) is 17.0. The van der Waals surface area contributed by atoms with Gasteiger partial charge < -0.3 is 29.6 Å². The number of hydrogen-bond acceptors (Lipinski definition) is 10. The highest BCUT2D eigenvalue weighted by Crippen LogP contribution is 2.49. The van der Waals surface area contributed by atoms with Gasteiger partial charge >= 0.3 is 13.9 Å². The second-order valence-electron chi connectivity index (χ2n) is 9.40. The lowest BCUT2D eigenvalue weighted by atomic mass is 10.2. The number of ether oxygens (including phenoxy) is 4. The molecule has 0 spiro atoms. The van der Waals surface area contributed by atoms with Crippen molar-refractivity contribution in [3.63, 3.8) is 0 Å². The molecule has 39 heavy (non-hydrogen) atoms. The number of carbonyl (C=O) groups is 2. The lowest BCUT2D eigenvalue weighted by Gasteiger charge is -2.22. The Morgan fingerprint density at radius 2 is 1.82 bits per heavy atom. The molecule has 0 aliphatic heterocycles. The van der Waals surface area contributed by atoms with Gasteiger partial charge in [0.1, 0.15) is 11.4 Å². The van der Waals surface area contributed by atoms with Gasteiger partial charge in [0.2, 0.25) is 6.41 Å². The summed E-state index contributed by atoms with van der Waals surface area (Å²) >= 11 is 0. The summed E-state index contributed by atoms with van der Waals surface area (Å²) in [5.41, 5.74) is 0.378. The van der Waals surface area contributed by atoms with Crippen LogP contribution in [0.1, 0.15) is 39.7 Å². The number of hydrogen-bond donors (Lipinski definition) is 2. The maximum absolute atomic E-state index is 13.0. The molecule has 0 saturated carbocycles. The van der Waals surface area contributed by atoms with E-state index in [0.29, 0.717) is 26.0 Å². The number of alkyl carbamates (subject to hydrolysis) is 1. The Morgan fingerprint density at radius 1 is 1.10 bits per heavy atom. The fraction of sp³-hybridized carbons (Fsp3) is 0.615. The number of benzene rings is 1. The Morgan fingerprint density at radius 3 is 2.44 bits per heavy atom. The second kappa shape index (κ2) is 18.8. The van der Waals surface area contributed by atoms with Crippen molar-refractivity contribution < 1.29 is 46.7 Å². The lowest BCUT2D eigenvalue weighted by molar-refractivity contribution is -0.111. The minimum atomic E-state index is -4.02. The molecule has 1 rings (SSSR count). The van der Waals surface area contributed by atoms with Gasteiger partial charge in [-0.3, -0.25) is 18.4 Å². The summed E-state index contributed by atoms with van der Waals surface area (Å²) < 4.78 is 50.6. The van der Waals surface area contributed by atoms with E-state index in [4.69, 9.17) is 32.5 Å². The molecule has 2 amide bonds. The molecule has 1 aromatic carbocycles. The summed E-state index contributed by atoms with van der Waals surface area (Å²) in [7, 11) is -2.40. The van der Waals surface area contributed by atoms with Gasteiger partial charge in [0.15, 0.2) is 0 Å². The molecule has 0 aliphatic rings. The largest absolute Gasteiger partial charge is 0.497 e. The van der Waals surface area contributed by atoms with Crippen LogP contribution in [0, 0.1) is 0 Å². The molecule has 1 aromatic rings. The van der Waals surface area contributed by atoms with E-state index in [1.807, 2.05) is 31.2 Å². The predicted molar refractivity (Wildman–Crippen MR) is 146 cm³/mol.